The Morgan fingerprint density at radius 1 is 1.43 bits per heavy atom. The van der Waals surface area contributed by atoms with Crippen LogP contribution in [-0.4, -0.2) is 23.9 Å². The molecule has 0 aromatic carbocycles. The van der Waals surface area contributed by atoms with E-state index in [9.17, 15) is 5.11 Å². The summed E-state index contributed by atoms with van der Waals surface area (Å²) in [5.74, 6) is 0. The van der Waals surface area contributed by atoms with E-state index in [1.807, 2.05) is 20.8 Å². The Labute approximate surface area is 88.0 Å². The predicted octanol–water partition coefficient (Wildman–Crippen LogP) is 2.91. The normalized spacial score (nSPS) is 13.4. The van der Waals surface area contributed by atoms with Gasteiger partial charge in [-0.2, -0.15) is 0 Å². The van der Waals surface area contributed by atoms with Crippen molar-refractivity contribution in [2.24, 2.45) is 0 Å². The zero-order chi connectivity index (χ0) is 11.0. The number of hydrogen-bond donors (Lipinski definition) is 1. The van der Waals surface area contributed by atoms with E-state index in [2.05, 4.69) is 13.0 Å². The minimum atomic E-state index is -0.528. The molecular formula is C12H24O2. The molecule has 0 aliphatic carbocycles. The summed E-state index contributed by atoms with van der Waals surface area (Å²) >= 11 is 0. The first kappa shape index (κ1) is 13.7. The van der Waals surface area contributed by atoms with Gasteiger partial charge in [0.15, 0.2) is 0 Å². The molecule has 0 aliphatic heterocycles. The molecule has 0 atom stereocenters. The molecule has 84 valence electrons. The van der Waals surface area contributed by atoms with Gasteiger partial charge in [0.25, 0.3) is 0 Å². The molecule has 0 spiro atoms. The van der Waals surface area contributed by atoms with E-state index >= 15 is 0 Å². The maximum atomic E-state index is 9.50. The summed E-state index contributed by atoms with van der Waals surface area (Å²) in [5.41, 5.74) is 0.822. The zero-order valence-electron chi connectivity index (χ0n) is 9.97. The van der Waals surface area contributed by atoms with Crippen LogP contribution in [0.5, 0.6) is 0 Å². The third kappa shape index (κ3) is 9.75. The smallest absolute Gasteiger partial charge is 0.0649 e. The van der Waals surface area contributed by atoms with Gasteiger partial charge in [0.05, 0.1) is 12.2 Å². The number of aliphatic hydroxyl groups is 1. The Morgan fingerprint density at radius 3 is 2.57 bits per heavy atom. The van der Waals surface area contributed by atoms with Crippen molar-refractivity contribution in [1.29, 1.82) is 0 Å². The Hall–Kier alpha value is -0.340. The van der Waals surface area contributed by atoms with Crippen molar-refractivity contribution in [3.8, 4) is 0 Å². The van der Waals surface area contributed by atoms with E-state index in [1.165, 1.54) is 5.57 Å². The summed E-state index contributed by atoms with van der Waals surface area (Å²) in [6.07, 6.45) is 5.07. The average molecular weight is 200 g/mol. The molecule has 14 heavy (non-hydrogen) atoms. The first-order valence-corrected chi connectivity index (χ1v) is 5.41. The van der Waals surface area contributed by atoms with Crippen LogP contribution in [0, 0.1) is 0 Å². The second kappa shape index (κ2) is 7.02. The molecule has 2 heteroatoms. The highest BCUT2D eigenvalue weighted by molar-refractivity contribution is 4.97. The second-order valence-electron chi connectivity index (χ2n) is 4.38. The summed E-state index contributed by atoms with van der Waals surface area (Å²) in [4.78, 5) is 0. The Morgan fingerprint density at radius 2 is 2.07 bits per heavy atom. The Balaban J connectivity index is 3.53. The largest absolute Gasteiger partial charge is 0.390 e. The maximum absolute atomic E-state index is 9.50. The zero-order valence-corrected chi connectivity index (χ0v) is 9.97. The fourth-order valence-electron chi connectivity index (χ4n) is 1.22. The molecule has 0 rings (SSSR count). The minimum absolute atomic E-state index is 0.528. The Bertz CT molecular complexity index is 166. The first-order chi connectivity index (χ1) is 6.45. The van der Waals surface area contributed by atoms with Gasteiger partial charge < -0.3 is 9.84 Å². The molecule has 0 bridgehead atoms. The van der Waals surface area contributed by atoms with E-state index < -0.39 is 5.60 Å². The van der Waals surface area contributed by atoms with Gasteiger partial charge >= 0.3 is 0 Å². The minimum Gasteiger partial charge on any atom is -0.390 e. The SMILES string of the molecule is CCOCC=C(C)CCCC(C)(C)O. The number of ether oxygens (including phenoxy) is 1. The van der Waals surface area contributed by atoms with E-state index in [-0.39, 0.29) is 0 Å². The van der Waals surface area contributed by atoms with Gasteiger partial charge in [-0.1, -0.05) is 11.6 Å². The number of rotatable bonds is 7. The Kier molecular flexibility index (Phi) is 6.85. The van der Waals surface area contributed by atoms with Gasteiger partial charge in [0.1, 0.15) is 0 Å². The molecule has 0 aromatic rings. The fraction of sp³-hybridized carbons (Fsp3) is 0.833. The highest BCUT2D eigenvalue weighted by Crippen LogP contribution is 2.15. The molecule has 2 nitrogen and oxygen atoms in total. The van der Waals surface area contributed by atoms with Crippen LogP contribution in [0.1, 0.15) is 47.0 Å². The average Bonchev–Trinajstić information content (AvgIpc) is 2.02. The van der Waals surface area contributed by atoms with Gasteiger partial charge in [-0.05, 0) is 47.0 Å². The standard InChI is InChI=1S/C12H24O2/c1-5-14-10-8-11(2)7-6-9-12(3,4)13/h8,13H,5-7,9-10H2,1-4H3. The van der Waals surface area contributed by atoms with E-state index in [4.69, 9.17) is 4.74 Å². The molecule has 0 fully saturated rings. The van der Waals surface area contributed by atoms with Crippen LogP contribution in [0.25, 0.3) is 0 Å². The molecule has 1 N–H and O–H groups in total. The van der Waals surface area contributed by atoms with Gasteiger partial charge in [-0.25, -0.2) is 0 Å². The lowest BCUT2D eigenvalue weighted by Gasteiger charge is -2.16. The van der Waals surface area contributed by atoms with Crippen LogP contribution >= 0.6 is 0 Å². The van der Waals surface area contributed by atoms with Gasteiger partial charge in [-0.3, -0.25) is 0 Å². The van der Waals surface area contributed by atoms with Crippen molar-refractivity contribution in [2.75, 3.05) is 13.2 Å². The van der Waals surface area contributed by atoms with Crippen LogP contribution in [0.2, 0.25) is 0 Å². The third-order valence-electron chi connectivity index (χ3n) is 2.11. The summed E-state index contributed by atoms with van der Waals surface area (Å²) in [6, 6.07) is 0. The molecule has 0 aliphatic rings. The number of allylic oxidation sites excluding steroid dienone is 1. The maximum Gasteiger partial charge on any atom is 0.0649 e. The van der Waals surface area contributed by atoms with Crippen LogP contribution in [0.3, 0.4) is 0 Å². The topological polar surface area (TPSA) is 29.5 Å². The lowest BCUT2D eigenvalue weighted by Crippen LogP contribution is -2.17. The summed E-state index contributed by atoms with van der Waals surface area (Å²) < 4.78 is 5.23. The van der Waals surface area contributed by atoms with Crippen molar-refractivity contribution in [3.05, 3.63) is 11.6 Å². The van der Waals surface area contributed by atoms with Crippen LogP contribution in [-0.2, 0) is 4.74 Å². The van der Waals surface area contributed by atoms with Crippen LogP contribution < -0.4 is 0 Å². The molecule has 0 amide bonds. The summed E-state index contributed by atoms with van der Waals surface area (Å²) in [7, 11) is 0. The molecule has 0 saturated heterocycles. The van der Waals surface area contributed by atoms with E-state index in [0.29, 0.717) is 6.61 Å². The molecule has 0 aromatic heterocycles. The molecule has 0 unspecified atom stereocenters. The molecule has 0 radical (unpaired) electrons. The first-order valence-electron chi connectivity index (χ1n) is 5.41. The summed E-state index contributed by atoms with van der Waals surface area (Å²) in [6.45, 7) is 9.30. The molecule has 0 heterocycles. The predicted molar refractivity (Wildman–Crippen MR) is 60.4 cm³/mol. The third-order valence-corrected chi connectivity index (χ3v) is 2.11. The van der Waals surface area contributed by atoms with Crippen LogP contribution in [0.4, 0.5) is 0 Å². The summed E-state index contributed by atoms with van der Waals surface area (Å²) in [5, 5.41) is 9.50. The van der Waals surface area contributed by atoms with Crippen molar-refractivity contribution in [1.82, 2.24) is 0 Å². The fourth-order valence-corrected chi connectivity index (χ4v) is 1.22. The molecular weight excluding hydrogens is 176 g/mol. The molecule has 0 saturated carbocycles. The number of hydrogen-bond acceptors (Lipinski definition) is 2. The van der Waals surface area contributed by atoms with Crippen LogP contribution in [0.15, 0.2) is 11.6 Å². The lowest BCUT2D eigenvalue weighted by atomic mass is 9.99. The quantitative estimate of drug-likeness (QED) is 0.506. The second-order valence-corrected chi connectivity index (χ2v) is 4.38. The highest BCUT2D eigenvalue weighted by Gasteiger charge is 2.10. The monoisotopic (exact) mass is 200 g/mol. The van der Waals surface area contributed by atoms with E-state index in [0.717, 1.165) is 25.9 Å². The van der Waals surface area contributed by atoms with Gasteiger partial charge in [0, 0.05) is 6.61 Å². The van der Waals surface area contributed by atoms with Crippen molar-refractivity contribution < 1.29 is 9.84 Å². The van der Waals surface area contributed by atoms with Crippen molar-refractivity contribution >= 4 is 0 Å². The van der Waals surface area contributed by atoms with Gasteiger partial charge in [-0.15, -0.1) is 0 Å². The highest BCUT2D eigenvalue weighted by atomic mass is 16.5. The van der Waals surface area contributed by atoms with Crippen molar-refractivity contribution in [3.63, 3.8) is 0 Å². The van der Waals surface area contributed by atoms with E-state index in [1.54, 1.807) is 0 Å². The lowest BCUT2D eigenvalue weighted by molar-refractivity contribution is 0.0689. The van der Waals surface area contributed by atoms with Crippen molar-refractivity contribution in [2.45, 2.75) is 52.6 Å². The van der Waals surface area contributed by atoms with Gasteiger partial charge in [0.2, 0.25) is 0 Å².